The Morgan fingerprint density at radius 3 is 3.06 bits per heavy atom. The summed E-state index contributed by atoms with van der Waals surface area (Å²) in [6.45, 7) is 2.18. The highest BCUT2D eigenvalue weighted by atomic mass is 16.5. The summed E-state index contributed by atoms with van der Waals surface area (Å²) in [7, 11) is 0. The van der Waals surface area contributed by atoms with Gasteiger partial charge in [0, 0.05) is 12.0 Å². The highest BCUT2D eigenvalue weighted by Crippen LogP contribution is 2.29. The minimum atomic E-state index is -0.453. The van der Waals surface area contributed by atoms with Gasteiger partial charge >= 0.3 is 0 Å². The summed E-state index contributed by atoms with van der Waals surface area (Å²) in [5.74, 6) is 0.918. The first-order valence-corrected chi connectivity index (χ1v) is 6.80. The Balaban J connectivity index is 2.00. The van der Waals surface area contributed by atoms with Gasteiger partial charge in [0.1, 0.15) is 11.9 Å². The molecule has 0 heterocycles. The monoisotopic (exact) mass is 249 g/mol. The van der Waals surface area contributed by atoms with Gasteiger partial charge in [-0.1, -0.05) is 19.1 Å². The maximum atomic E-state index is 9.34. The molecule has 1 fully saturated rings. The van der Waals surface area contributed by atoms with Gasteiger partial charge in [-0.25, -0.2) is 0 Å². The van der Waals surface area contributed by atoms with Crippen molar-refractivity contribution in [3.05, 3.63) is 29.8 Å². The molecule has 100 valence electrons. The molecule has 3 N–H and O–H groups in total. The zero-order valence-corrected chi connectivity index (χ0v) is 11.1. The van der Waals surface area contributed by atoms with Crippen molar-refractivity contribution < 1.29 is 9.84 Å². The smallest absolute Gasteiger partial charge is 0.119 e. The molecule has 3 nitrogen and oxygen atoms in total. The number of rotatable bonds is 4. The molecule has 1 aromatic rings. The van der Waals surface area contributed by atoms with Crippen LogP contribution < -0.4 is 10.5 Å². The summed E-state index contributed by atoms with van der Waals surface area (Å²) in [5, 5.41) is 9.34. The van der Waals surface area contributed by atoms with E-state index in [1.54, 1.807) is 0 Å². The summed E-state index contributed by atoms with van der Waals surface area (Å²) in [4.78, 5) is 0. The van der Waals surface area contributed by atoms with E-state index in [4.69, 9.17) is 10.5 Å². The van der Waals surface area contributed by atoms with E-state index in [2.05, 4.69) is 19.1 Å². The molecule has 1 aromatic carbocycles. The number of benzene rings is 1. The summed E-state index contributed by atoms with van der Waals surface area (Å²) < 4.78 is 6.00. The molecule has 0 aromatic heterocycles. The molecule has 0 aliphatic heterocycles. The average molecular weight is 249 g/mol. The lowest BCUT2D eigenvalue weighted by Gasteiger charge is -2.36. The van der Waals surface area contributed by atoms with Crippen molar-refractivity contribution in [1.82, 2.24) is 0 Å². The Morgan fingerprint density at radius 2 is 2.33 bits per heavy atom. The number of aliphatic hydroxyl groups is 1. The number of hydrogen-bond acceptors (Lipinski definition) is 3. The zero-order valence-electron chi connectivity index (χ0n) is 11.1. The Bertz CT molecular complexity index is 394. The van der Waals surface area contributed by atoms with Gasteiger partial charge in [-0.05, 0) is 43.4 Å². The maximum Gasteiger partial charge on any atom is 0.119 e. The third-order valence-electron chi connectivity index (χ3n) is 3.76. The van der Waals surface area contributed by atoms with E-state index in [1.165, 1.54) is 5.56 Å². The van der Waals surface area contributed by atoms with E-state index in [-0.39, 0.29) is 12.7 Å². The summed E-state index contributed by atoms with van der Waals surface area (Å²) >= 11 is 0. The van der Waals surface area contributed by atoms with Gasteiger partial charge in [0.25, 0.3) is 0 Å². The van der Waals surface area contributed by atoms with Crippen molar-refractivity contribution >= 4 is 0 Å². The Hall–Kier alpha value is -1.06. The second-order valence-corrected chi connectivity index (χ2v) is 5.36. The van der Waals surface area contributed by atoms with Crippen LogP contribution in [0.1, 0.15) is 38.2 Å². The van der Waals surface area contributed by atoms with Gasteiger partial charge in [0.05, 0.1) is 6.61 Å². The van der Waals surface area contributed by atoms with Crippen LogP contribution in [-0.2, 0) is 6.42 Å². The Kier molecular flexibility index (Phi) is 4.25. The van der Waals surface area contributed by atoms with Crippen LogP contribution in [0.15, 0.2) is 24.3 Å². The maximum absolute atomic E-state index is 9.34. The molecular formula is C15H23NO2. The highest BCUT2D eigenvalue weighted by molar-refractivity contribution is 5.28. The van der Waals surface area contributed by atoms with E-state index in [0.29, 0.717) is 0 Å². The topological polar surface area (TPSA) is 55.5 Å². The van der Waals surface area contributed by atoms with Crippen LogP contribution in [0.2, 0.25) is 0 Å². The van der Waals surface area contributed by atoms with E-state index in [9.17, 15) is 5.11 Å². The van der Waals surface area contributed by atoms with E-state index in [0.717, 1.165) is 37.9 Å². The van der Waals surface area contributed by atoms with E-state index >= 15 is 0 Å². The molecular weight excluding hydrogens is 226 g/mol. The van der Waals surface area contributed by atoms with Gasteiger partial charge in [0.2, 0.25) is 0 Å². The Labute approximate surface area is 109 Å². The van der Waals surface area contributed by atoms with Crippen molar-refractivity contribution in [2.75, 3.05) is 6.61 Å². The molecule has 2 atom stereocenters. The molecule has 0 saturated heterocycles. The first kappa shape index (κ1) is 13.4. The van der Waals surface area contributed by atoms with Gasteiger partial charge < -0.3 is 15.6 Å². The number of aliphatic hydroxyl groups excluding tert-OH is 1. The fraction of sp³-hybridized carbons (Fsp3) is 0.600. The minimum absolute atomic E-state index is 0.0435. The third-order valence-corrected chi connectivity index (χ3v) is 3.76. The first-order chi connectivity index (χ1) is 8.65. The average Bonchev–Trinajstić information content (AvgIpc) is 2.39. The van der Waals surface area contributed by atoms with Crippen LogP contribution in [0.25, 0.3) is 0 Å². The number of nitrogens with two attached hydrogens (primary N) is 1. The van der Waals surface area contributed by atoms with Gasteiger partial charge in [-0.15, -0.1) is 0 Å². The van der Waals surface area contributed by atoms with Crippen LogP contribution >= 0.6 is 0 Å². The van der Waals surface area contributed by atoms with Crippen LogP contribution in [0, 0.1) is 0 Å². The highest BCUT2D eigenvalue weighted by Gasteiger charge is 2.33. The summed E-state index contributed by atoms with van der Waals surface area (Å²) in [6, 6.07) is 8.21. The van der Waals surface area contributed by atoms with Crippen LogP contribution in [-0.4, -0.2) is 23.4 Å². The van der Waals surface area contributed by atoms with Gasteiger partial charge in [-0.3, -0.25) is 0 Å². The summed E-state index contributed by atoms with van der Waals surface area (Å²) in [6.07, 6.45) is 4.81. The second-order valence-electron chi connectivity index (χ2n) is 5.36. The lowest BCUT2D eigenvalue weighted by molar-refractivity contribution is 0.0728. The van der Waals surface area contributed by atoms with Crippen LogP contribution in [0.3, 0.4) is 0 Å². The lowest BCUT2D eigenvalue weighted by atomic mass is 9.81. The van der Waals surface area contributed by atoms with E-state index < -0.39 is 5.54 Å². The summed E-state index contributed by atoms with van der Waals surface area (Å²) in [5.41, 5.74) is 6.96. The molecule has 2 rings (SSSR count). The zero-order chi connectivity index (χ0) is 13.0. The molecule has 18 heavy (non-hydrogen) atoms. The van der Waals surface area contributed by atoms with Crippen molar-refractivity contribution in [2.45, 2.75) is 50.7 Å². The second kappa shape index (κ2) is 5.72. The molecule has 1 aliphatic rings. The molecule has 0 radical (unpaired) electrons. The van der Waals surface area contributed by atoms with Crippen molar-refractivity contribution in [3.8, 4) is 5.75 Å². The molecule has 1 aliphatic carbocycles. The lowest BCUT2D eigenvalue weighted by Crippen LogP contribution is -2.50. The molecule has 0 spiro atoms. The molecule has 0 bridgehead atoms. The molecule has 1 saturated carbocycles. The Morgan fingerprint density at radius 1 is 1.50 bits per heavy atom. The predicted octanol–water partition coefficient (Wildman–Crippen LogP) is 2.26. The van der Waals surface area contributed by atoms with E-state index in [1.807, 2.05) is 12.1 Å². The normalized spacial score (nSPS) is 28.1. The minimum Gasteiger partial charge on any atom is -0.490 e. The number of hydrogen-bond donors (Lipinski definition) is 2. The fourth-order valence-electron chi connectivity index (χ4n) is 2.61. The number of aryl methyl sites for hydroxylation is 1. The fourth-order valence-corrected chi connectivity index (χ4v) is 2.61. The van der Waals surface area contributed by atoms with Gasteiger partial charge in [0.15, 0.2) is 0 Å². The number of ether oxygens (including phenoxy) is 1. The SMILES string of the molecule is CCc1cccc(OC2CCCC(N)(CO)C2)c1. The van der Waals surface area contributed by atoms with Crippen molar-refractivity contribution in [3.63, 3.8) is 0 Å². The molecule has 3 heteroatoms. The predicted molar refractivity (Wildman–Crippen MR) is 72.7 cm³/mol. The molecule has 0 amide bonds. The van der Waals surface area contributed by atoms with Gasteiger partial charge in [-0.2, -0.15) is 0 Å². The standard InChI is InChI=1S/C15H23NO2/c1-2-12-5-3-6-13(9-12)18-14-7-4-8-15(16,10-14)11-17/h3,5-6,9,14,17H,2,4,7-8,10-11,16H2,1H3. The first-order valence-electron chi connectivity index (χ1n) is 6.80. The third kappa shape index (κ3) is 3.24. The molecule has 2 unspecified atom stereocenters. The van der Waals surface area contributed by atoms with Crippen LogP contribution in [0.4, 0.5) is 0 Å². The largest absolute Gasteiger partial charge is 0.490 e. The van der Waals surface area contributed by atoms with Crippen molar-refractivity contribution in [1.29, 1.82) is 0 Å². The van der Waals surface area contributed by atoms with Crippen LogP contribution in [0.5, 0.6) is 5.75 Å². The quantitative estimate of drug-likeness (QED) is 0.860. The van der Waals surface area contributed by atoms with Crippen molar-refractivity contribution in [2.24, 2.45) is 5.73 Å².